The second-order valence-corrected chi connectivity index (χ2v) is 5.56. The van der Waals surface area contributed by atoms with E-state index < -0.39 is 4.92 Å². The first-order valence-electron chi connectivity index (χ1n) is 6.80. The van der Waals surface area contributed by atoms with Crippen LogP contribution in [0.1, 0.15) is 25.8 Å². The first kappa shape index (κ1) is 17.4. The average Bonchev–Trinajstić information content (AvgIpc) is 2.42. The standard InChI is InChI=1S/C14H20ClN3O3/c1-10(2)8-17-14(19)5-6-16-9-11-3-4-12(18(20)21)7-13(11)15/h3-4,7,10,16H,5-6,8-9H2,1-2H3,(H,17,19). The average molecular weight is 314 g/mol. The predicted molar refractivity (Wildman–Crippen MR) is 82.3 cm³/mol. The molecule has 0 unspecified atom stereocenters. The third kappa shape index (κ3) is 6.55. The van der Waals surface area contributed by atoms with Crippen LogP contribution in [0, 0.1) is 16.0 Å². The zero-order chi connectivity index (χ0) is 15.8. The summed E-state index contributed by atoms with van der Waals surface area (Å²) in [6, 6.07) is 4.36. The van der Waals surface area contributed by atoms with Crippen molar-refractivity contribution in [2.75, 3.05) is 13.1 Å². The molecule has 2 N–H and O–H groups in total. The zero-order valence-corrected chi connectivity index (χ0v) is 12.9. The van der Waals surface area contributed by atoms with Crippen LogP contribution in [0.3, 0.4) is 0 Å². The number of hydrogen-bond donors (Lipinski definition) is 2. The van der Waals surface area contributed by atoms with E-state index >= 15 is 0 Å². The smallest absolute Gasteiger partial charge is 0.270 e. The largest absolute Gasteiger partial charge is 0.356 e. The maximum absolute atomic E-state index is 11.5. The molecule has 0 fully saturated rings. The van der Waals surface area contributed by atoms with Crippen LogP contribution in [0.15, 0.2) is 18.2 Å². The Morgan fingerprint density at radius 3 is 2.71 bits per heavy atom. The van der Waals surface area contributed by atoms with Gasteiger partial charge in [0, 0.05) is 38.2 Å². The van der Waals surface area contributed by atoms with Gasteiger partial charge in [-0.15, -0.1) is 0 Å². The summed E-state index contributed by atoms with van der Waals surface area (Å²) in [5.41, 5.74) is 0.738. The molecular formula is C14H20ClN3O3. The number of rotatable bonds is 8. The van der Waals surface area contributed by atoms with Gasteiger partial charge in [0.05, 0.1) is 9.95 Å². The lowest BCUT2D eigenvalue weighted by molar-refractivity contribution is -0.384. The van der Waals surface area contributed by atoms with E-state index in [1.165, 1.54) is 12.1 Å². The van der Waals surface area contributed by atoms with Crippen LogP contribution in [0.25, 0.3) is 0 Å². The van der Waals surface area contributed by atoms with Crippen LogP contribution >= 0.6 is 11.6 Å². The number of halogens is 1. The van der Waals surface area contributed by atoms with Crippen molar-refractivity contribution in [3.05, 3.63) is 38.9 Å². The van der Waals surface area contributed by atoms with Crippen LogP contribution in [-0.4, -0.2) is 23.9 Å². The summed E-state index contributed by atoms with van der Waals surface area (Å²) in [6.45, 7) is 5.74. The number of nitrogens with zero attached hydrogens (tertiary/aromatic N) is 1. The summed E-state index contributed by atoms with van der Waals surface area (Å²) in [7, 11) is 0. The number of benzene rings is 1. The molecule has 0 bridgehead atoms. The van der Waals surface area contributed by atoms with E-state index in [0.717, 1.165) is 5.56 Å². The molecule has 1 aromatic carbocycles. The van der Waals surface area contributed by atoms with Gasteiger partial charge in [-0.1, -0.05) is 25.4 Å². The highest BCUT2D eigenvalue weighted by Gasteiger charge is 2.09. The van der Waals surface area contributed by atoms with Gasteiger partial charge in [0.25, 0.3) is 5.69 Å². The van der Waals surface area contributed by atoms with E-state index in [-0.39, 0.29) is 11.6 Å². The van der Waals surface area contributed by atoms with Crippen molar-refractivity contribution in [1.82, 2.24) is 10.6 Å². The van der Waals surface area contributed by atoms with Gasteiger partial charge < -0.3 is 10.6 Å². The van der Waals surface area contributed by atoms with Crippen LogP contribution in [0.2, 0.25) is 5.02 Å². The predicted octanol–water partition coefficient (Wildman–Crippen LogP) is 2.50. The van der Waals surface area contributed by atoms with Gasteiger partial charge in [-0.3, -0.25) is 14.9 Å². The maximum atomic E-state index is 11.5. The molecule has 21 heavy (non-hydrogen) atoms. The third-order valence-electron chi connectivity index (χ3n) is 2.80. The molecule has 0 aliphatic heterocycles. The number of carbonyl (C=O) groups is 1. The Morgan fingerprint density at radius 1 is 1.43 bits per heavy atom. The molecule has 1 rings (SSSR count). The highest BCUT2D eigenvalue weighted by molar-refractivity contribution is 6.31. The lowest BCUT2D eigenvalue weighted by Gasteiger charge is -2.09. The lowest BCUT2D eigenvalue weighted by Crippen LogP contribution is -2.30. The molecule has 0 spiro atoms. The fourth-order valence-electron chi connectivity index (χ4n) is 1.62. The molecule has 7 heteroatoms. The van der Waals surface area contributed by atoms with E-state index in [1.54, 1.807) is 6.07 Å². The minimum atomic E-state index is -0.484. The summed E-state index contributed by atoms with van der Waals surface area (Å²) >= 11 is 5.98. The molecule has 0 saturated carbocycles. The van der Waals surface area contributed by atoms with E-state index in [9.17, 15) is 14.9 Å². The number of amides is 1. The molecular weight excluding hydrogens is 294 g/mol. The maximum Gasteiger partial charge on any atom is 0.270 e. The molecule has 0 heterocycles. The van der Waals surface area contributed by atoms with Gasteiger partial charge in [-0.25, -0.2) is 0 Å². The fraction of sp³-hybridized carbons (Fsp3) is 0.500. The topological polar surface area (TPSA) is 84.3 Å². The summed E-state index contributed by atoms with van der Waals surface area (Å²) in [5, 5.41) is 16.9. The molecule has 0 aliphatic rings. The van der Waals surface area contributed by atoms with E-state index in [4.69, 9.17) is 11.6 Å². The molecule has 0 aliphatic carbocycles. The molecule has 0 saturated heterocycles. The number of carbonyl (C=O) groups excluding carboxylic acids is 1. The van der Waals surface area contributed by atoms with Crippen molar-refractivity contribution in [3.63, 3.8) is 0 Å². The van der Waals surface area contributed by atoms with Gasteiger partial charge in [0.15, 0.2) is 0 Å². The van der Waals surface area contributed by atoms with Crippen LogP contribution in [0.5, 0.6) is 0 Å². The highest BCUT2D eigenvalue weighted by Crippen LogP contribution is 2.22. The Kier molecular flexibility index (Phi) is 7.11. The minimum absolute atomic E-state index is 0.00555. The molecule has 0 aromatic heterocycles. The van der Waals surface area contributed by atoms with Crippen LogP contribution in [0.4, 0.5) is 5.69 Å². The lowest BCUT2D eigenvalue weighted by atomic mass is 10.2. The number of nitro benzene ring substituents is 1. The number of nitrogens with one attached hydrogen (secondary N) is 2. The van der Waals surface area contributed by atoms with E-state index in [2.05, 4.69) is 10.6 Å². The SMILES string of the molecule is CC(C)CNC(=O)CCNCc1ccc([N+](=O)[O-])cc1Cl. The summed E-state index contributed by atoms with van der Waals surface area (Å²) in [5.74, 6) is 0.437. The molecule has 6 nitrogen and oxygen atoms in total. The second kappa shape index (κ2) is 8.59. The van der Waals surface area contributed by atoms with Crippen molar-refractivity contribution < 1.29 is 9.72 Å². The molecule has 116 valence electrons. The first-order chi connectivity index (χ1) is 9.90. The normalized spacial score (nSPS) is 10.7. The van der Waals surface area contributed by atoms with Crippen molar-refractivity contribution in [2.24, 2.45) is 5.92 Å². The van der Waals surface area contributed by atoms with Gasteiger partial charge in [-0.05, 0) is 17.5 Å². The van der Waals surface area contributed by atoms with Crippen molar-refractivity contribution >= 4 is 23.2 Å². The van der Waals surface area contributed by atoms with Crippen molar-refractivity contribution in [3.8, 4) is 0 Å². The zero-order valence-electron chi connectivity index (χ0n) is 12.2. The molecule has 1 aromatic rings. The van der Waals surface area contributed by atoms with Gasteiger partial charge >= 0.3 is 0 Å². The van der Waals surface area contributed by atoms with Gasteiger partial charge in [-0.2, -0.15) is 0 Å². The molecule has 0 atom stereocenters. The number of non-ortho nitro benzene ring substituents is 1. The summed E-state index contributed by atoms with van der Waals surface area (Å²) in [6.07, 6.45) is 0.386. The number of hydrogen-bond acceptors (Lipinski definition) is 4. The van der Waals surface area contributed by atoms with Crippen molar-refractivity contribution in [1.29, 1.82) is 0 Å². The van der Waals surface area contributed by atoms with E-state index in [0.29, 0.717) is 37.0 Å². The molecule has 0 radical (unpaired) electrons. The fourth-order valence-corrected chi connectivity index (χ4v) is 1.87. The van der Waals surface area contributed by atoms with E-state index in [1.807, 2.05) is 13.8 Å². The van der Waals surface area contributed by atoms with Gasteiger partial charge in [0.1, 0.15) is 0 Å². The second-order valence-electron chi connectivity index (χ2n) is 5.16. The monoisotopic (exact) mass is 313 g/mol. The Balaban J connectivity index is 2.33. The summed E-state index contributed by atoms with van der Waals surface area (Å²) in [4.78, 5) is 21.6. The quantitative estimate of drug-likeness (QED) is 0.439. The highest BCUT2D eigenvalue weighted by atomic mass is 35.5. The Bertz CT molecular complexity index is 506. The Morgan fingerprint density at radius 2 is 2.14 bits per heavy atom. The van der Waals surface area contributed by atoms with Crippen LogP contribution in [-0.2, 0) is 11.3 Å². The van der Waals surface area contributed by atoms with Crippen molar-refractivity contribution in [2.45, 2.75) is 26.8 Å². The summed E-state index contributed by atoms with van der Waals surface area (Å²) < 4.78 is 0. The molecule has 1 amide bonds. The first-order valence-corrected chi connectivity index (χ1v) is 7.18. The Hall–Kier alpha value is -1.66. The third-order valence-corrected chi connectivity index (χ3v) is 3.15. The van der Waals surface area contributed by atoms with Gasteiger partial charge in [0.2, 0.25) is 5.91 Å². The van der Waals surface area contributed by atoms with Crippen LogP contribution < -0.4 is 10.6 Å². The minimum Gasteiger partial charge on any atom is -0.356 e. The Labute approximate surface area is 129 Å². The number of nitro groups is 1.